The van der Waals surface area contributed by atoms with E-state index in [2.05, 4.69) is 10.6 Å². The standard InChI is InChI=1S/C13H21N3O5/c1-3-12(2)10(18)16(11(19)15-12)6-9(17)14-7-13(20)4-5-21-8-13/h20H,3-8H2,1-2H3,(H,14,17)(H,15,19). The quantitative estimate of drug-likeness (QED) is 0.563. The van der Waals surface area contributed by atoms with Crippen LogP contribution in [-0.2, 0) is 14.3 Å². The summed E-state index contributed by atoms with van der Waals surface area (Å²) in [5.41, 5.74) is -2.01. The molecule has 3 N–H and O–H groups in total. The van der Waals surface area contributed by atoms with Crippen LogP contribution in [0.4, 0.5) is 4.79 Å². The molecule has 21 heavy (non-hydrogen) atoms. The van der Waals surface area contributed by atoms with Crippen LogP contribution < -0.4 is 10.6 Å². The SMILES string of the molecule is CCC1(C)NC(=O)N(CC(=O)NCC2(O)CCOC2)C1=O. The van der Waals surface area contributed by atoms with Gasteiger partial charge in [-0.15, -0.1) is 0 Å². The zero-order valence-corrected chi connectivity index (χ0v) is 12.3. The Labute approximate surface area is 122 Å². The van der Waals surface area contributed by atoms with E-state index < -0.39 is 29.0 Å². The lowest BCUT2D eigenvalue weighted by molar-refractivity contribution is -0.134. The van der Waals surface area contributed by atoms with E-state index in [0.29, 0.717) is 19.4 Å². The summed E-state index contributed by atoms with van der Waals surface area (Å²) in [6.07, 6.45) is 0.900. The second-order valence-electron chi connectivity index (χ2n) is 5.81. The highest BCUT2D eigenvalue weighted by Gasteiger charge is 2.47. The van der Waals surface area contributed by atoms with Gasteiger partial charge < -0.3 is 20.5 Å². The normalized spacial score (nSPS) is 32.4. The molecule has 118 valence electrons. The molecule has 0 aromatic rings. The summed E-state index contributed by atoms with van der Waals surface area (Å²) in [5.74, 6) is -0.896. The molecule has 2 unspecified atom stereocenters. The van der Waals surface area contributed by atoms with Crippen LogP contribution in [0.1, 0.15) is 26.7 Å². The molecule has 0 aromatic carbocycles. The lowest BCUT2D eigenvalue weighted by atomic mass is 9.99. The van der Waals surface area contributed by atoms with Crippen LogP contribution in [-0.4, -0.2) is 65.3 Å². The third-order valence-electron chi connectivity index (χ3n) is 4.05. The number of nitrogens with one attached hydrogen (secondary N) is 2. The predicted octanol–water partition coefficient (Wildman–Crippen LogP) is -1.03. The summed E-state index contributed by atoms with van der Waals surface area (Å²) in [6.45, 7) is 3.73. The predicted molar refractivity (Wildman–Crippen MR) is 72.3 cm³/mol. The van der Waals surface area contributed by atoms with Crippen LogP contribution >= 0.6 is 0 Å². The Morgan fingerprint density at radius 3 is 2.76 bits per heavy atom. The molecule has 0 aliphatic carbocycles. The minimum atomic E-state index is -1.06. The maximum absolute atomic E-state index is 12.1. The van der Waals surface area contributed by atoms with Crippen molar-refractivity contribution in [3.63, 3.8) is 0 Å². The summed E-state index contributed by atoms with van der Waals surface area (Å²) >= 11 is 0. The molecule has 2 saturated heterocycles. The first-order valence-electron chi connectivity index (χ1n) is 7.01. The van der Waals surface area contributed by atoms with Crippen molar-refractivity contribution in [3.05, 3.63) is 0 Å². The van der Waals surface area contributed by atoms with Crippen molar-refractivity contribution in [1.29, 1.82) is 0 Å². The molecular formula is C13H21N3O5. The van der Waals surface area contributed by atoms with Crippen molar-refractivity contribution >= 4 is 17.8 Å². The maximum atomic E-state index is 12.1. The number of carbonyl (C=O) groups is 3. The summed E-state index contributed by atoms with van der Waals surface area (Å²) in [5, 5.41) is 15.1. The van der Waals surface area contributed by atoms with Crippen LogP contribution in [0.3, 0.4) is 0 Å². The molecule has 2 rings (SSSR count). The number of imide groups is 1. The van der Waals surface area contributed by atoms with E-state index >= 15 is 0 Å². The summed E-state index contributed by atoms with van der Waals surface area (Å²) in [6, 6.07) is -0.567. The van der Waals surface area contributed by atoms with Gasteiger partial charge in [-0.3, -0.25) is 14.5 Å². The van der Waals surface area contributed by atoms with Gasteiger partial charge in [-0.1, -0.05) is 6.92 Å². The Hall–Kier alpha value is -1.67. The second-order valence-corrected chi connectivity index (χ2v) is 5.81. The monoisotopic (exact) mass is 299 g/mol. The lowest BCUT2D eigenvalue weighted by Crippen LogP contribution is -2.48. The molecule has 4 amide bonds. The number of carbonyl (C=O) groups excluding carboxylic acids is 3. The van der Waals surface area contributed by atoms with Gasteiger partial charge >= 0.3 is 6.03 Å². The molecule has 0 bridgehead atoms. The van der Waals surface area contributed by atoms with Crippen LogP contribution in [0.2, 0.25) is 0 Å². The average molecular weight is 299 g/mol. The molecule has 2 heterocycles. The number of urea groups is 1. The molecule has 0 radical (unpaired) electrons. The highest BCUT2D eigenvalue weighted by molar-refractivity contribution is 6.08. The van der Waals surface area contributed by atoms with Gasteiger partial charge in [0.15, 0.2) is 0 Å². The van der Waals surface area contributed by atoms with E-state index in [1.54, 1.807) is 13.8 Å². The minimum Gasteiger partial charge on any atom is -0.386 e. The highest BCUT2D eigenvalue weighted by Crippen LogP contribution is 2.20. The van der Waals surface area contributed by atoms with Gasteiger partial charge in [-0.25, -0.2) is 4.79 Å². The van der Waals surface area contributed by atoms with Crippen LogP contribution in [0.5, 0.6) is 0 Å². The highest BCUT2D eigenvalue weighted by atomic mass is 16.5. The Balaban J connectivity index is 1.88. The van der Waals surface area contributed by atoms with Crippen molar-refractivity contribution < 1.29 is 24.2 Å². The van der Waals surface area contributed by atoms with Crippen molar-refractivity contribution in [3.8, 4) is 0 Å². The summed E-state index contributed by atoms with van der Waals surface area (Å²) < 4.78 is 5.07. The number of hydrogen-bond acceptors (Lipinski definition) is 5. The molecular weight excluding hydrogens is 278 g/mol. The van der Waals surface area contributed by atoms with E-state index in [-0.39, 0.29) is 19.7 Å². The Morgan fingerprint density at radius 1 is 1.52 bits per heavy atom. The smallest absolute Gasteiger partial charge is 0.325 e. The molecule has 0 spiro atoms. The zero-order valence-electron chi connectivity index (χ0n) is 12.3. The first kappa shape index (κ1) is 15.7. The van der Waals surface area contributed by atoms with Gasteiger partial charge in [0.25, 0.3) is 5.91 Å². The number of hydrogen-bond donors (Lipinski definition) is 3. The molecule has 0 aromatic heterocycles. The molecule has 2 aliphatic rings. The molecule has 8 heteroatoms. The molecule has 2 aliphatic heterocycles. The largest absolute Gasteiger partial charge is 0.386 e. The van der Waals surface area contributed by atoms with Gasteiger partial charge in [-0.05, 0) is 13.3 Å². The molecule has 0 saturated carbocycles. The summed E-state index contributed by atoms with van der Waals surface area (Å²) in [7, 11) is 0. The van der Waals surface area contributed by atoms with Gasteiger partial charge in [0, 0.05) is 19.6 Å². The first-order valence-corrected chi connectivity index (χ1v) is 7.01. The number of ether oxygens (including phenoxy) is 1. The van der Waals surface area contributed by atoms with Crippen molar-refractivity contribution in [1.82, 2.24) is 15.5 Å². The van der Waals surface area contributed by atoms with E-state index in [4.69, 9.17) is 4.74 Å². The van der Waals surface area contributed by atoms with Gasteiger partial charge in [-0.2, -0.15) is 0 Å². The van der Waals surface area contributed by atoms with Crippen LogP contribution in [0.25, 0.3) is 0 Å². The summed E-state index contributed by atoms with van der Waals surface area (Å²) in [4.78, 5) is 36.6. The topological polar surface area (TPSA) is 108 Å². The Kier molecular flexibility index (Phi) is 4.20. The number of aliphatic hydroxyl groups is 1. The molecule has 2 atom stereocenters. The van der Waals surface area contributed by atoms with Crippen molar-refractivity contribution in [2.45, 2.75) is 37.8 Å². The fourth-order valence-electron chi connectivity index (χ4n) is 2.33. The number of rotatable bonds is 5. The fourth-order valence-corrected chi connectivity index (χ4v) is 2.33. The van der Waals surface area contributed by atoms with Crippen LogP contribution in [0.15, 0.2) is 0 Å². The lowest BCUT2D eigenvalue weighted by Gasteiger charge is -2.22. The average Bonchev–Trinajstić information content (AvgIpc) is 2.96. The molecule has 8 nitrogen and oxygen atoms in total. The maximum Gasteiger partial charge on any atom is 0.325 e. The molecule has 2 fully saturated rings. The van der Waals surface area contributed by atoms with Crippen molar-refractivity contribution in [2.24, 2.45) is 0 Å². The second kappa shape index (κ2) is 5.61. The van der Waals surface area contributed by atoms with E-state index in [1.165, 1.54) is 0 Å². The zero-order chi connectivity index (χ0) is 15.7. The van der Waals surface area contributed by atoms with Gasteiger partial charge in [0.2, 0.25) is 5.91 Å². The van der Waals surface area contributed by atoms with Gasteiger partial charge in [0.05, 0.1) is 6.61 Å². The Morgan fingerprint density at radius 2 is 2.24 bits per heavy atom. The van der Waals surface area contributed by atoms with Crippen LogP contribution in [0, 0.1) is 0 Å². The number of nitrogens with zero attached hydrogens (tertiary/aromatic N) is 1. The van der Waals surface area contributed by atoms with E-state index in [0.717, 1.165) is 4.90 Å². The van der Waals surface area contributed by atoms with Crippen molar-refractivity contribution in [2.75, 3.05) is 26.3 Å². The van der Waals surface area contributed by atoms with Gasteiger partial charge in [0.1, 0.15) is 17.7 Å². The number of amides is 4. The first-order chi connectivity index (χ1) is 9.80. The Bertz CT molecular complexity index is 461. The fraction of sp³-hybridized carbons (Fsp3) is 0.769. The third-order valence-corrected chi connectivity index (χ3v) is 4.05. The van der Waals surface area contributed by atoms with E-state index in [9.17, 15) is 19.5 Å². The third kappa shape index (κ3) is 3.16. The minimum absolute atomic E-state index is 0.0422. The van der Waals surface area contributed by atoms with E-state index in [1.807, 2.05) is 0 Å².